The molecule has 3 aromatic rings. The summed E-state index contributed by atoms with van der Waals surface area (Å²) in [5.74, 6) is 1.77. The molecule has 0 bridgehead atoms. The predicted octanol–water partition coefficient (Wildman–Crippen LogP) is 3.10. The summed E-state index contributed by atoms with van der Waals surface area (Å²) in [7, 11) is 0. The molecule has 1 aromatic carbocycles. The van der Waals surface area contributed by atoms with Crippen molar-refractivity contribution >= 4 is 5.91 Å². The van der Waals surface area contributed by atoms with E-state index in [0.717, 1.165) is 11.4 Å². The van der Waals surface area contributed by atoms with Crippen LogP contribution in [-0.4, -0.2) is 22.3 Å². The molecular weight excluding hydrogens is 306 g/mol. The average Bonchev–Trinajstić information content (AvgIpc) is 3.20. The van der Waals surface area contributed by atoms with Crippen LogP contribution >= 0.6 is 0 Å². The Hall–Kier alpha value is -3.02. The zero-order valence-electron chi connectivity index (χ0n) is 13.7. The van der Waals surface area contributed by atoms with Crippen molar-refractivity contribution < 1.29 is 13.9 Å². The first kappa shape index (κ1) is 15.9. The number of carbonyl (C=O) groups excluding carboxylic acids is 1. The normalized spacial score (nSPS) is 10.6. The van der Waals surface area contributed by atoms with E-state index in [2.05, 4.69) is 10.4 Å². The molecule has 0 atom stereocenters. The molecule has 0 spiro atoms. The zero-order chi connectivity index (χ0) is 16.9. The molecule has 0 aliphatic carbocycles. The molecule has 24 heavy (non-hydrogen) atoms. The standard InChI is InChI=1S/C18H19N3O3/c1-3-23-17-11-16(20-21(17)14-7-5-4-6-8-14)18(22)19-12-15-10-9-13(2)24-15/h4-11H,3,12H2,1-2H3,(H,19,22). The highest BCUT2D eigenvalue weighted by atomic mass is 16.5. The molecule has 2 heterocycles. The highest BCUT2D eigenvalue weighted by Crippen LogP contribution is 2.19. The van der Waals surface area contributed by atoms with Gasteiger partial charge in [-0.1, -0.05) is 18.2 Å². The lowest BCUT2D eigenvalue weighted by molar-refractivity contribution is 0.0942. The van der Waals surface area contributed by atoms with Gasteiger partial charge >= 0.3 is 0 Å². The van der Waals surface area contributed by atoms with Gasteiger partial charge in [0.15, 0.2) is 5.69 Å². The Morgan fingerprint density at radius 1 is 1.25 bits per heavy atom. The number of hydrogen-bond acceptors (Lipinski definition) is 4. The Morgan fingerprint density at radius 2 is 2.04 bits per heavy atom. The minimum Gasteiger partial charge on any atom is -0.478 e. The van der Waals surface area contributed by atoms with Crippen molar-refractivity contribution in [3.8, 4) is 11.6 Å². The summed E-state index contributed by atoms with van der Waals surface area (Å²) in [6.07, 6.45) is 0. The summed E-state index contributed by atoms with van der Waals surface area (Å²) in [5.41, 5.74) is 1.13. The fourth-order valence-corrected chi connectivity index (χ4v) is 2.32. The number of nitrogens with one attached hydrogen (secondary N) is 1. The molecular formula is C18H19N3O3. The second-order valence-corrected chi connectivity index (χ2v) is 5.24. The van der Waals surface area contributed by atoms with E-state index in [0.29, 0.717) is 30.5 Å². The van der Waals surface area contributed by atoms with Crippen molar-refractivity contribution in [2.75, 3.05) is 6.61 Å². The molecule has 2 aromatic heterocycles. The fourth-order valence-electron chi connectivity index (χ4n) is 2.32. The third-order valence-electron chi connectivity index (χ3n) is 3.42. The van der Waals surface area contributed by atoms with E-state index in [1.807, 2.05) is 56.3 Å². The number of aromatic nitrogens is 2. The topological polar surface area (TPSA) is 69.3 Å². The van der Waals surface area contributed by atoms with Crippen LogP contribution in [0.25, 0.3) is 5.69 Å². The summed E-state index contributed by atoms with van der Waals surface area (Å²) in [6, 6.07) is 14.9. The third-order valence-corrected chi connectivity index (χ3v) is 3.42. The van der Waals surface area contributed by atoms with Crippen molar-refractivity contribution in [3.63, 3.8) is 0 Å². The second-order valence-electron chi connectivity index (χ2n) is 5.24. The van der Waals surface area contributed by atoms with Crippen LogP contribution in [0.1, 0.15) is 28.9 Å². The number of carbonyl (C=O) groups is 1. The van der Waals surface area contributed by atoms with Crippen molar-refractivity contribution in [3.05, 3.63) is 65.7 Å². The minimum atomic E-state index is -0.278. The molecule has 0 unspecified atom stereocenters. The van der Waals surface area contributed by atoms with Crippen LogP contribution in [0.5, 0.6) is 5.88 Å². The summed E-state index contributed by atoms with van der Waals surface area (Å²) in [5, 5.41) is 7.16. The number of aryl methyl sites for hydroxylation is 1. The Labute approximate surface area is 140 Å². The molecule has 0 saturated heterocycles. The van der Waals surface area contributed by atoms with Crippen LogP contribution in [0, 0.1) is 6.92 Å². The summed E-state index contributed by atoms with van der Waals surface area (Å²) in [4.78, 5) is 12.3. The Balaban J connectivity index is 1.79. The van der Waals surface area contributed by atoms with Crippen molar-refractivity contribution in [1.29, 1.82) is 0 Å². The molecule has 6 heteroatoms. The molecule has 124 valence electrons. The fraction of sp³-hybridized carbons (Fsp3) is 0.222. The van der Waals surface area contributed by atoms with Gasteiger partial charge in [0.2, 0.25) is 5.88 Å². The van der Waals surface area contributed by atoms with E-state index >= 15 is 0 Å². The van der Waals surface area contributed by atoms with Crippen LogP contribution in [0.3, 0.4) is 0 Å². The van der Waals surface area contributed by atoms with Gasteiger partial charge in [-0.25, -0.2) is 4.68 Å². The van der Waals surface area contributed by atoms with Crippen LogP contribution in [-0.2, 0) is 6.54 Å². The molecule has 0 aliphatic rings. The van der Waals surface area contributed by atoms with Crippen LogP contribution in [0.2, 0.25) is 0 Å². The summed E-state index contributed by atoms with van der Waals surface area (Å²) < 4.78 is 12.7. The first-order chi connectivity index (χ1) is 11.7. The van der Waals surface area contributed by atoms with E-state index < -0.39 is 0 Å². The molecule has 0 radical (unpaired) electrons. The van der Waals surface area contributed by atoms with Crippen molar-refractivity contribution in [2.45, 2.75) is 20.4 Å². The Morgan fingerprint density at radius 3 is 2.71 bits per heavy atom. The van der Waals surface area contributed by atoms with Gasteiger partial charge in [-0.05, 0) is 38.1 Å². The van der Waals surface area contributed by atoms with Crippen molar-refractivity contribution in [1.82, 2.24) is 15.1 Å². The lowest BCUT2D eigenvalue weighted by Crippen LogP contribution is -2.23. The Bertz CT molecular complexity index is 821. The largest absolute Gasteiger partial charge is 0.478 e. The SMILES string of the molecule is CCOc1cc(C(=O)NCc2ccc(C)o2)nn1-c1ccccc1. The van der Waals surface area contributed by atoms with Crippen LogP contribution in [0.15, 0.2) is 52.9 Å². The quantitative estimate of drug-likeness (QED) is 0.756. The number of para-hydroxylation sites is 1. The number of furan rings is 1. The summed E-state index contributed by atoms with van der Waals surface area (Å²) in [6.45, 7) is 4.56. The van der Waals surface area contributed by atoms with Gasteiger partial charge in [-0.15, -0.1) is 0 Å². The van der Waals surface area contributed by atoms with E-state index in [1.165, 1.54) is 0 Å². The van der Waals surface area contributed by atoms with Gasteiger partial charge in [0.1, 0.15) is 11.5 Å². The van der Waals surface area contributed by atoms with E-state index in [9.17, 15) is 4.79 Å². The number of ether oxygens (including phenoxy) is 1. The smallest absolute Gasteiger partial charge is 0.272 e. The first-order valence-corrected chi connectivity index (χ1v) is 7.79. The van der Waals surface area contributed by atoms with E-state index in [-0.39, 0.29) is 5.91 Å². The maximum Gasteiger partial charge on any atom is 0.272 e. The van der Waals surface area contributed by atoms with Crippen LogP contribution < -0.4 is 10.1 Å². The lowest BCUT2D eigenvalue weighted by Gasteiger charge is -2.06. The molecule has 1 amide bonds. The van der Waals surface area contributed by atoms with Gasteiger partial charge in [0, 0.05) is 6.07 Å². The molecule has 6 nitrogen and oxygen atoms in total. The van der Waals surface area contributed by atoms with Crippen LogP contribution in [0.4, 0.5) is 0 Å². The van der Waals surface area contributed by atoms with E-state index in [1.54, 1.807) is 10.7 Å². The second kappa shape index (κ2) is 7.04. The first-order valence-electron chi connectivity index (χ1n) is 7.79. The molecule has 3 rings (SSSR count). The number of amides is 1. The highest BCUT2D eigenvalue weighted by molar-refractivity contribution is 5.92. The van der Waals surface area contributed by atoms with Gasteiger partial charge in [-0.3, -0.25) is 4.79 Å². The monoisotopic (exact) mass is 325 g/mol. The van der Waals surface area contributed by atoms with Gasteiger partial charge in [0.05, 0.1) is 18.8 Å². The van der Waals surface area contributed by atoms with Gasteiger partial charge in [-0.2, -0.15) is 5.10 Å². The van der Waals surface area contributed by atoms with Gasteiger partial charge < -0.3 is 14.5 Å². The maximum absolute atomic E-state index is 12.3. The van der Waals surface area contributed by atoms with Gasteiger partial charge in [0.25, 0.3) is 5.91 Å². The highest BCUT2D eigenvalue weighted by Gasteiger charge is 2.16. The zero-order valence-corrected chi connectivity index (χ0v) is 13.7. The Kier molecular flexibility index (Phi) is 4.65. The maximum atomic E-state index is 12.3. The average molecular weight is 325 g/mol. The molecule has 1 N–H and O–H groups in total. The van der Waals surface area contributed by atoms with E-state index in [4.69, 9.17) is 9.15 Å². The number of nitrogens with zero attached hydrogens (tertiary/aromatic N) is 2. The number of hydrogen-bond donors (Lipinski definition) is 1. The minimum absolute atomic E-state index is 0.278. The number of rotatable bonds is 6. The lowest BCUT2D eigenvalue weighted by atomic mass is 10.3. The molecule has 0 aliphatic heterocycles. The van der Waals surface area contributed by atoms with Crippen molar-refractivity contribution in [2.24, 2.45) is 0 Å². The molecule has 0 fully saturated rings. The molecule has 0 saturated carbocycles. The number of benzene rings is 1. The summed E-state index contributed by atoms with van der Waals surface area (Å²) >= 11 is 0. The third kappa shape index (κ3) is 3.48. The predicted molar refractivity (Wildman–Crippen MR) is 89.3 cm³/mol.